The van der Waals surface area contributed by atoms with E-state index >= 15 is 0 Å². The minimum Gasteiger partial charge on any atom is -0.280 e. The van der Waals surface area contributed by atoms with Crippen molar-refractivity contribution in [1.29, 1.82) is 0 Å². The SMILES string of the molecule is O=[N+]([O-])c1ccc(NS(=O)(=O)c2cccc(Br)c2)cc1Br. The molecule has 110 valence electrons. The Morgan fingerprint density at radius 1 is 1.10 bits per heavy atom. The van der Waals surface area contributed by atoms with E-state index in [1.165, 1.54) is 30.3 Å². The van der Waals surface area contributed by atoms with Crippen LogP contribution in [0.3, 0.4) is 0 Å². The zero-order chi connectivity index (χ0) is 15.6. The smallest absolute Gasteiger partial charge is 0.280 e. The van der Waals surface area contributed by atoms with Crippen molar-refractivity contribution in [3.05, 3.63) is 61.5 Å². The molecule has 0 aliphatic rings. The fourth-order valence-electron chi connectivity index (χ4n) is 1.57. The molecular weight excluding hydrogens is 428 g/mol. The van der Waals surface area contributed by atoms with Crippen LogP contribution in [0, 0.1) is 10.1 Å². The lowest BCUT2D eigenvalue weighted by Gasteiger charge is -2.08. The third kappa shape index (κ3) is 3.80. The molecule has 0 radical (unpaired) electrons. The van der Waals surface area contributed by atoms with Gasteiger partial charge in [-0.15, -0.1) is 0 Å². The molecule has 0 amide bonds. The van der Waals surface area contributed by atoms with Crippen molar-refractivity contribution in [1.82, 2.24) is 0 Å². The average Bonchev–Trinajstić information content (AvgIpc) is 2.37. The van der Waals surface area contributed by atoms with E-state index in [9.17, 15) is 18.5 Å². The van der Waals surface area contributed by atoms with Crippen LogP contribution in [0.5, 0.6) is 0 Å². The number of hydrogen-bond acceptors (Lipinski definition) is 4. The second-order valence-corrected chi connectivity index (χ2v) is 7.44. The van der Waals surface area contributed by atoms with Gasteiger partial charge in [-0.1, -0.05) is 22.0 Å². The van der Waals surface area contributed by atoms with Crippen molar-refractivity contribution >= 4 is 53.3 Å². The molecule has 2 rings (SSSR count). The molecular formula is C12H8Br2N2O4S. The quantitative estimate of drug-likeness (QED) is 0.582. The summed E-state index contributed by atoms with van der Waals surface area (Å²) >= 11 is 6.24. The molecule has 0 aromatic heterocycles. The predicted molar refractivity (Wildman–Crippen MR) is 85.7 cm³/mol. The van der Waals surface area contributed by atoms with E-state index in [0.29, 0.717) is 4.47 Å². The van der Waals surface area contributed by atoms with Crippen molar-refractivity contribution in [3.63, 3.8) is 0 Å². The van der Waals surface area contributed by atoms with E-state index in [4.69, 9.17) is 0 Å². The van der Waals surface area contributed by atoms with Gasteiger partial charge in [-0.3, -0.25) is 14.8 Å². The monoisotopic (exact) mass is 434 g/mol. The van der Waals surface area contributed by atoms with Crippen LogP contribution in [0.25, 0.3) is 0 Å². The Kier molecular flexibility index (Phi) is 4.64. The molecule has 6 nitrogen and oxygen atoms in total. The van der Waals surface area contributed by atoms with Gasteiger partial charge in [0.05, 0.1) is 20.0 Å². The number of nitrogens with one attached hydrogen (secondary N) is 1. The topological polar surface area (TPSA) is 89.3 Å². The molecule has 1 N–H and O–H groups in total. The van der Waals surface area contributed by atoms with Gasteiger partial charge < -0.3 is 0 Å². The molecule has 0 aliphatic heterocycles. The number of sulfonamides is 1. The number of nitrogens with zero attached hydrogens (tertiary/aromatic N) is 1. The summed E-state index contributed by atoms with van der Waals surface area (Å²) in [5.41, 5.74) is 0.0906. The van der Waals surface area contributed by atoms with Gasteiger partial charge in [0.2, 0.25) is 0 Å². The van der Waals surface area contributed by atoms with Crippen LogP contribution in [0.4, 0.5) is 11.4 Å². The average molecular weight is 436 g/mol. The van der Waals surface area contributed by atoms with Crippen LogP contribution in [0.2, 0.25) is 0 Å². The summed E-state index contributed by atoms with van der Waals surface area (Å²) in [6.07, 6.45) is 0. The fourth-order valence-corrected chi connectivity index (χ4v) is 3.74. The number of rotatable bonds is 4. The lowest BCUT2D eigenvalue weighted by molar-refractivity contribution is -0.385. The molecule has 0 saturated carbocycles. The first-order valence-corrected chi connectivity index (χ1v) is 8.59. The summed E-state index contributed by atoms with van der Waals surface area (Å²) in [7, 11) is -3.76. The third-order valence-electron chi connectivity index (χ3n) is 2.50. The molecule has 2 aromatic rings. The first-order chi connectivity index (χ1) is 9.79. The van der Waals surface area contributed by atoms with Gasteiger partial charge in [-0.2, -0.15) is 0 Å². The number of nitro groups is 1. The Labute approximate surface area is 137 Å². The van der Waals surface area contributed by atoms with E-state index in [1.54, 1.807) is 12.1 Å². The number of benzene rings is 2. The molecule has 0 fully saturated rings. The number of hydrogen-bond donors (Lipinski definition) is 1. The largest absolute Gasteiger partial charge is 0.283 e. The zero-order valence-electron chi connectivity index (χ0n) is 10.3. The van der Waals surface area contributed by atoms with Crippen LogP contribution < -0.4 is 4.72 Å². The lowest BCUT2D eigenvalue weighted by atomic mass is 10.3. The van der Waals surface area contributed by atoms with E-state index in [0.717, 1.165) is 0 Å². The highest BCUT2D eigenvalue weighted by Crippen LogP contribution is 2.29. The van der Waals surface area contributed by atoms with Gasteiger partial charge >= 0.3 is 0 Å². The maximum Gasteiger partial charge on any atom is 0.283 e. The Balaban J connectivity index is 2.33. The van der Waals surface area contributed by atoms with E-state index in [2.05, 4.69) is 36.6 Å². The second-order valence-electron chi connectivity index (χ2n) is 3.99. The van der Waals surface area contributed by atoms with E-state index in [-0.39, 0.29) is 20.7 Å². The van der Waals surface area contributed by atoms with Crippen LogP contribution in [-0.4, -0.2) is 13.3 Å². The van der Waals surface area contributed by atoms with Gasteiger partial charge in [0, 0.05) is 10.5 Å². The van der Waals surface area contributed by atoms with Crippen molar-refractivity contribution < 1.29 is 13.3 Å². The Hall–Kier alpha value is -1.45. The van der Waals surface area contributed by atoms with Gasteiger partial charge in [-0.05, 0) is 46.3 Å². The van der Waals surface area contributed by atoms with Crippen LogP contribution >= 0.6 is 31.9 Å². The van der Waals surface area contributed by atoms with Gasteiger partial charge in [0.25, 0.3) is 15.7 Å². The number of anilines is 1. The Morgan fingerprint density at radius 3 is 2.38 bits per heavy atom. The minimum absolute atomic E-state index is 0.0892. The van der Waals surface area contributed by atoms with Crippen molar-refractivity contribution in [3.8, 4) is 0 Å². The molecule has 0 atom stereocenters. The fraction of sp³-hybridized carbons (Fsp3) is 0. The van der Waals surface area contributed by atoms with Crippen molar-refractivity contribution in [2.75, 3.05) is 4.72 Å². The standard InChI is InChI=1S/C12H8Br2N2O4S/c13-8-2-1-3-10(6-8)21(19,20)15-9-4-5-12(16(17)18)11(14)7-9/h1-7,15H. The van der Waals surface area contributed by atoms with Gasteiger partial charge in [-0.25, -0.2) is 8.42 Å². The maximum absolute atomic E-state index is 12.2. The number of nitro benzene ring substituents is 1. The molecule has 0 aliphatic carbocycles. The Morgan fingerprint density at radius 2 is 1.81 bits per heavy atom. The van der Waals surface area contributed by atoms with Crippen LogP contribution in [0.15, 0.2) is 56.3 Å². The molecule has 9 heteroatoms. The molecule has 2 aromatic carbocycles. The normalized spacial score (nSPS) is 11.1. The van der Waals surface area contributed by atoms with E-state index < -0.39 is 14.9 Å². The maximum atomic E-state index is 12.2. The highest BCUT2D eigenvalue weighted by Gasteiger charge is 2.17. The Bertz CT molecular complexity index is 809. The molecule has 0 unspecified atom stereocenters. The highest BCUT2D eigenvalue weighted by atomic mass is 79.9. The second kappa shape index (κ2) is 6.12. The molecule has 0 spiro atoms. The van der Waals surface area contributed by atoms with Gasteiger partial charge in [0.15, 0.2) is 0 Å². The molecule has 0 heterocycles. The first kappa shape index (κ1) is 15.9. The predicted octanol–water partition coefficient (Wildman–Crippen LogP) is 3.92. The van der Waals surface area contributed by atoms with Crippen molar-refractivity contribution in [2.45, 2.75) is 4.90 Å². The summed E-state index contributed by atoms with van der Waals surface area (Å²) in [5.74, 6) is 0. The number of halogens is 2. The summed E-state index contributed by atoms with van der Waals surface area (Å²) in [6, 6.07) is 10.1. The lowest BCUT2D eigenvalue weighted by Crippen LogP contribution is -2.13. The summed E-state index contributed by atoms with van der Waals surface area (Å²) in [4.78, 5) is 10.2. The highest BCUT2D eigenvalue weighted by molar-refractivity contribution is 9.10. The van der Waals surface area contributed by atoms with Crippen LogP contribution in [-0.2, 0) is 10.0 Å². The van der Waals surface area contributed by atoms with E-state index in [1.807, 2.05) is 0 Å². The van der Waals surface area contributed by atoms with Crippen LogP contribution in [0.1, 0.15) is 0 Å². The molecule has 21 heavy (non-hydrogen) atoms. The third-order valence-corrected chi connectivity index (χ3v) is 5.01. The molecule has 0 saturated heterocycles. The van der Waals surface area contributed by atoms with Crippen molar-refractivity contribution in [2.24, 2.45) is 0 Å². The summed E-state index contributed by atoms with van der Waals surface area (Å²) in [6.45, 7) is 0. The molecule has 0 bridgehead atoms. The zero-order valence-corrected chi connectivity index (χ0v) is 14.3. The summed E-state index contributed by atoms with van der Waals surface area (Å²) < 4.78 is 27.6. The summed E-state index contributed by atoms with van der Waals surface area (Å²) in [5, 5.41) is 10.7. The first-order valence-electron chi connectivity index (χ1n) is 5.52. The van der Waals surface area contributed by atoms with Gasteiger partial charge in [0.1, 0.15) is 0 Å². The minimum atomic E-state index is -3.76.